The molecule has 0 amide bonds. The molecule has 0 fully saturated rings. The quantitative estimate of drug-likeness (QED) is 0.445. The van der Waals surface area contributed by atoms with Gasteiger partial charge in [-0.2, -0.15) is 0 Å². The van der Waals surface area contributed by atoms with E-state index in [0.717, 1.165) is 0 Å². The van der Waals surface area contributed by atoms with Crippen molar-refractivity contribution in [2.75, 3.05) is 0 Å². The molecule has 0 aliphatic heterocycles. The van der Waals surface area contributed by atoms with E-state index in [1.54, 1.807) is 3.60 Å². The summed E-state index contributed by atoms with van der Waals surface area (Å²) in [5.41, 5.74) is 0. The van der Waals surface area contributed by atoms with Crippen molar-refractivity contribution >= 4 is 51.0 Å². The summed E-state index contributed by atoms with van der Waals surface area (Å²) in [5, 5.41) is 0.556. The zero-order valence-electron chi connectivity index (χ0n) is 13.2. The molecule has 16 heavy (non-hydrogen) atoms. The second kappa shape index (κ2) is 5.56. The average Bonchev–Trinajstić information content (AvgIpc) is 1.72. The Morgan fingerprint density at radius 2 is 1.31 bits per heavy atom. The maximum absolute atomic E-state index is 4.20. The van der Waals surface area contributed by atoms with Crippen LogP contribution in [0.1, 0.15) is 20.8 Å². The first-order valence-electron chi connectivity index (χ1n) is 6.46. The van der Waals surface area contributed by atoms with Gasteiger partial charge < -0.3 is 0 Å². The molecular weight excluding hydrogens is 601 g/mol. The minimum absolute atomic E-state index is 0.556. The fourth-order valence-electron chi connectivity index (χ4n) is 2.43. The van der Waals surface area contributed by atoms with Gasteiger partial charge in [0.2, 0.25) is 0 Å². The molecule has 0 aliphatic carbocycles. The minimum atomic E-state index is -2.08. The molecule has 0 aromatic heterocycles. The van der Waals surface area contributed by atoms with E-state index in [1.165, 1.54) is 0 Å². The van der Waals surface area contributed by atoms with Gasteiger partial charge in [-0.1, -0.05) is 0 Å². The zero-order valence-corrected chi connectivity index (χ0v) is 22.0. The Bertz CT molecular complexity index is 236. The van der Waals surface area contributed by atoms with Crippen LogP contribution < -0.4 is 0.936 Å². The Labute approximate surface area is 115 Å². The van der Waals surface area contributed by atoms with Crippen molar-refractivity contribution < 1.29 is 0 Å². The van der Waals surface area contributed by atoms with Crippen LogP contribution in [0.25, 0.3) is 0 Å². The normalized spacial score (nSPS) is 15.4. The molecule has 0 rings (SSSR count). The predicted molar refractivity (Wildman–Crippen MR) is 86.0 cm³/mol. The molecule has 0 unspecified atom stereocenters. The van der Waals surface area contributed by atoms with Gasteiger partial charge in [-0.25, -0.2) is 0 Å². The third-order valence-corrected chi connectivity index (χ3v) is 84.3. The van der Waals surface area contributed by atoms with E-state index < -0.39 is 51.0 Å². The Morgan fingerprint density at radius 3 is 1.56 bits per heavy atom. The van der Waals surface area contributed by atoms with E-state index in [0.29, 0.717) is 5.04 Å². The molecule has 0 aliphatic rings. The van der Waals surface area contributed by atoms with Crippen molar-refractivity contribution in [1.29, 1.82) is 0 Å². The monoisotopic (exact) mass is 635 g/mol. The van der Waals surface area contributed by atoms with Crippen LogP contribution in [0.2, 0.25) is 44.2 Å². The van der Waals surface area contributed by atoms with Crippen LogP contribution in [0.4, 0.5) is 0 Å². The van der Waals surface area contributed by atoms with Gasteiger partial charge in [-0.05, 0) is 0 Å². The van der Waals surface area contributed by atoms with Crippen molar-refractivity contribution in [3.8, 4) is 0 Å². The summed E-state index contributed by atoms with van der Waals surface area (Å²) < 4.78 is 18.6. The zero-order chi connectivity index (χ0) is 13.4. The number of rotatable bonds is 4. The molecule has 1 nitrogen and oxygen atoms in total. The molecule has 0 bridgehead atoms. The Balaban J connectivity index is 4.72. The van der Waals surface area contributed by atoms with Crippen LogP contribution in [0.3, 0.4) is 0 Å². The molecule has 0 heterocycles. The molecule has 0 atom stereocenters. The van der Waals surface area contributed by atoms with Crippen molar-refractivity contribution in [1.82, 2.24) is 0.936 Å². The third-order valence-electron chi connectivity index (χ3n) is 3.63. The van der Waals surface area contributed by atoms with Crippen molar-refractivity contribution in [2.24, 2.45) is 0 Å². The molecule has 98 valence electrons. The summed E-state index contributed by atoms with van der Waals surface area (Å²) in [7, 11) is -1.07. The SMILES string of the molecule is CC(C)(C)[Si](C)(C)[CH2][Pb]([CH3])([CH3])[NH][Pb]([CH3])([CH3])[CH3]. The Hall–Kier alpha value is 2.02. The van der Waals surface area contributed by atoms with Crippen LogP contribution >= 0.6 is 0 Å². The van der Waals surface area contributed by atoms with Crippen molar-refractivity contribution in [3.05, 3.63) is 0 Å². The standard InChI is InChI=1S/C7H17Si.5CH3.HN.2Pb/c1-7(2,3)8(4,5)6;;;;;;;;/h4H2,1-3,5-6H3;5*1H3;1H;;. The number of hydrogen-bond acceptors (Lipinski definition) is 1. The van der Waals surface area contributed by atoms with Crippen molar-refractivity contribution in [2.45, 2.75) is 64.9 Å². The number of hydrogen-bond donors (Lipinski definition) is 1. The van der Waals surface area contributed by atoms with Gasteiger partial charge in [0.1, 0.15) is 0 Å². The summed E-state index contributed by atoms with van der Waals surface area (Å²) in [6.45, 7) is 12.5. The molecule has 1 N–H and O–H groups in total. The second-order valence-corrected chi connectivity index (χ2v) is 60.0. The van der Waals surface area contributed by atoms with Crippen molar-refractivity contribution in [3.63, 3.8) is 0 Å². The van der Waals surface area contributed by atoms with Gasteiger partial charge >= 0.3 is 117 Å². The van der Waals surface area contributed by atoms with Gasteiger partial charge in [-0.3, -0.25) is 0 Å². The van der Waals surface area contributed by atoms with E-state index in [-0.39, 0.29) is 0 Å². The van der Waals surface area contributed by atoms with Gasteiger partial charge in [0.05, 0.1) is 0 Å². The van der Waals surface area contributed by atoms with Crippen LogP contribution in [0.5, 0.6) is 0 Å². The Kier molecular flexibility index (Phi) is 6.27. The van der Waals surface area contributed by atoms with E-state index in [1.807, 2.05) is 0 Å². The molecule has 4 heteroatoms. The third kappa shape index (κ3) is 6.82. The first-order valence-corrected chi connectivity index (χ1v) is 35.7. The summed E-state index contributed by atoms with van der Waals surface area (Å²) >= 11 is -3.99. The van der Waals surface area contributed by atoms with E-state index in [4.69, 9.17) is 0 Å². The molecule has 0 spiro atoms. The Morgan fingerprint density at radius 1 is 0.938 bits per heavy atom. The van der Waals surface area contributed by atoms with Crippen LogP contribution in [0.15, 0.2) is 0 Å². The number of nitrogens with one attached hydrogen (secondary N) is 1. The van der Waals surface area contributed by atoms with Crippen LogP contribution in [-0.4, -0.2) is 51.0 Å². The molecule has 0 aromatic carbocycles. The van der Waals surface area contributed by atoms with Gasteiger partial charge in [0.25, 0.3) is 0 Å². The van der Waals surface area contributed by atoms with E-state index in [2.05, 4.69) is 57.2 Å². The molecule has 0 saturated heterocycles. The van der Waals surface area contributed by atoms with Gasteiger partial charge in [0.15, 0.2) is 0 Å². The maximum atomic E-state index is 4.20. The summed E-state index contributed by atoms with van der Waals surface area (Å²) in [6.07, 6.45) is 0. The van der Waals surface area contributed by atoms with E-state index >= 15 is 0 Å². The van der Waals surface area contributed by atoms with Crippen LogP contribution in [0, 0.1) is 0 Å². The second-order valence-electron chi connectivity index (χ2n) is 8.57. The fourth-order valence-corrected chi connectivity index (χ4v) is 124. The average molecular weight is 634 g/mol. The van der Waals surface area contributed by atoms with Gasteiger partial charge in [-0.15, -0.1) is 0 Å². The molecule has 0 radical (unpaired) electrons. The molecule has 0 saturated carbocycles. The molecule has 0 aromatic rings. The predicted octanol–water partition coefficient (Wildman–Crippen LogP) is 4.66. The molecular formula is C12H33NPb2Si. The first-order chi connectivity index (χ1) is 6.66. The summed E-state index contributed by atoms with van der Waals surface area (Å²) in [4.78, 5) is 0. The summed E-state index contributed by atoms with van der Waals surface area (Å²) in [6, 6.07) is 0. The van der Waals surface area contributed by atoms with Crippen LogP contribution in [-0.2, 0) is 0 Å². The fraction of sp³-hybridized carbons (Fsp3) is 1.00. The summed E-state index contributed by atoms with van der Waals surface area (Å²) in [5.74, 6) is 0. The topological polar surface area (TPSA) is 12.0 Å². The first kappa shape index (κ1) is 18.0. The van der Waals surface area contributed by atoms with E-state index in [9.17, 15) is 0 Å². The van der Waals surface area contributed by atoms with Gasteiger partial charge in [0, 0.05) is 0 Å².